The number of carbonyl (C=O) groups excluding carboxylic acids is 2. The summed E-state index contributed by atoms with van der Waals surface area (Å²) in [6, 6.07) is 0. The van der Waals surface area contributed by atoms with Crippen LogP contribution in [0.4, 0.5) is 0 Å². The van der Waals surface area contributed by atoms with Crippen molar-refractivity contribution in [1.82, 2.24) is 0 Å². The Labute approximate surface area is 153 Å². The molecule has 1 aliphatic heterocycles. The molecule has 140 valence electrons. The molecule has 5 heteroatoms. The van der Waals surface area contributed by atoms with E-state index in [-0.39, 0.29) is 34.7 Å². The highest BCUT2D eigenvalue weighted by Gasteiger charge is 2.81. The van der Waals surface area contributed by atoms with Gasteiger partial charge >= 0.3 is 0 Å². The van der Waals surface area contributed by atoms with Crippen LogP contribution in [0.15, 0.2) is 23.8 Å². The van der Waals surface area contributed by atoms with Gasteiger partial charge in [0.1, 0.15) is 17.8 Å². The SMILES string of the molecule is C[C@]12C=CC(=O)C=C1CC[C@H]1[C@@H]3CC[C@](O)(C(=O)CO)[C@@]3(C)C[C@@H]3OC312. The van der Waals surface area contributed by atoms with Gasteiger partial charge in [0.15, 0.2) is 11.6 Å². The Morgan fingerprint density at radius 3 is 2.81 bits per heavy atom. The minimum atomic E-state index is -1.46. The molecular weight excluding hydrogens is 332 g/mol. The lowest BCUT2D eigenvalue weighted by molar-refractivity contribution is -0.159. The fourth-order valence-electron chi connectivity index (χ4n) is 7.24. The fourth-order valence-corrected chi connectivity index (χ4v) is 7.24. The summed E-state index contributed by atoms with van der Waals surface area (Å²) in [5.41, 5.74) is -1.45. The largest absolute Gasteiger partial charge is 0.388 e. The first kappa shape index (κ1) is 16.8. The van der Waals surface area contributed by atoms with Crippen LogP contribution >= 0.6 is 0 Å². The van der Waals surface area contributed by atoms with Gasteiger partial charge in [-0.3, -0.25) is 9.59 Å². The van der Waals surface area contributed by atoms with Gasteiger partial charge in [0.25, 0.3) is 0 Å². The van der Waals surface area contributed by atoms with E-state index in [1.54, 1.807) is 12.2 Å². The molecular formula is C21H26O5. The van der Waals surface area contributed by atoms with Crippen molar-refractivity contribution in [2.75, 3.05) is 6.61 Å². The predicted molar refractivity (Wildman–Crippen MR) is 93.2 cm³/mol. The first-order valence-electron chi connectivity index (χ1n) is 9.71. The molecule has 2 N–H and O–H groups in total. The second-order valence-corrected chi connectivity index (χ2v) is 9.36. The Morgan fingerprint density at radius 1 is 1.31 bits per heavy atom. The van der Waals surface area contributed by atoms with Crippen molar-refractivity contribution < 1.29 is 24.5 Å². The number of ketones is 2. The Kier molecular flexibility index (Phi) is 3.08. The normalized spacial score (nSPS) is 53.9. The number of aliphatic hydroxyl groups is 2. The quantitative estimate of drug-likeness (QED) is 0.734. The molecule has 0 aromatic rings. The lowest BCUT2D eigenvalue weighted by Crippen LogP contribution is -2.61. The first-order chi connectivity index (χ1) is 12.2. The summed E-state index contributed by atoms with van der Waals surface area (Å²) in [6.45, 7) is 3.57. The van der Waals surface area contributed by atoms with Crippen molar-refractivity contribution in [3.63, 3.8) is 0 Å². The molecule has 0 amide bonds. The van der Waals surface area contributed by atoms with Crippen molar-refractivity contribution in [3.05, 3.63) is 23.8 Å². The van der Waals surface area contributed by atoms with E-state index in [0.29, 0.717) is 12.8 Å². The maximum Gasteiger partial charge on any atom is 0.190 e. The van der Waals surface area contributed by atoms with Crippen molar-refractivity contribution in [2.45, 2.75) is 63.3 Å². The highest BCUT2D eigenvalue weighted by atomic mass is 16.6. The minimum absolute atomic E-state index is 0.0172. The summed E-state index contributed by atoms with van der Waals surface area (Å²) in [7, 11) is 0. The van der Waals surface area contributed by atoms with Gasteiger partial charge in [0.05, 0.1) is 6.10 Å². The molecule has 1 heterocycles. The maximum absolute atomic E-state index is 12.4. The molecule has 0 aromatic heterocycles. The van der Waals surface area contributed by atoms with Crippen molar-refractivity contribution in [2.24, 2.45) is 22.7 Å². The Morgan fingerprint density at radius 2 is 2.08 bits per heavy atom. The zero-order valence-corrected chi connectivity index (χ0v) is 15.3. The van der Waals surface area contributed by atoms with Gasteiger partial charge < -0.3 is 14.9 Å². The average Bonchev–Trinajstić information content (AvgIpc) is 3.27. The van der Waals surface area contributed by atoms with E-state index >= 15 is 0 Å². The second-order valence-electron chi connectivity index (χ2n) is 9.36. The number of rotatable bonds is 2. The monoisotopic (exact) mass is 358 g/mol. The van der Waals surface area contributed by atoms with Gasteiger partial charge in [-0.1, -0.05) is 18.6 Å². The number of allylic oxidation sites excluding steroid dienone is 2. The number of carbonyl (C=O) groups is 2. The second kappa shape index (κ2) is 4.75. The van der Waals surface area contributed by atoms with Crippen LogP contribution in [0.25, 0.3) is 0 Å². The van der Waals surface area contributed by atoms with E-state index < -0.39 is 23.4 Å². The smallest absolute Gasteiger partial charge is 0.190 e. The van der Waals surface area contributed by atoms with Gasteiger partial charge in [-0.15, -0.1) is 0 Å². The topological polar surface area (TPSA) is 87.1 Å². The molecule has 5 nitrogen and oxygen atoms in total. The van der Waals surface area contributed by atoms with Gasteiger partial charge in [0, 0.05) is 10.8 Å². The van der Waals surface area contributed by atoms with Gasteiger partial charge in [-0.2, -0.15) is 0 Å². The van der Waals surface area contributed by atoms with Crippen molar-refractivity contribution >= 4 is 11.6 Å². The van der Waals surface area contributed by atoms with Crippen LogP contribution in [0.3, 0.4) is 0 Å². The highest BCUT2D eigenvalue weighted by molar-refractivity contribution is 6.01. The molecule has 4 fully saturated rings. The number of hydrogen-bond acceptors (Lipinski definition) is 5. The minimum Gasteiger partial charge on any atom is -0.388 e. The molecule has 3 saturated carbocycles. The predicted octanol–water partition coefficient (Wildman–Crippen LogP) is 1.72. The molecule has 26 heavy (non-hydrogen) atoms. The summed E-state index contributed by atoms with van der Waals surface area (Å²) in [4.78, 5) is 24.3. The van der Waals surface area contributed by atoms with Crippen LogP contribution in [0.1, 0.15) is 46.0 Å². The Hall–Kier alpha value is -1.30. The van der Waals surface area contributed by atoms with Crippen LogP contribution in [0, 0.1) is 22.7 Å². The number of ether oxygens (including phenoxy) is 1. The fraction of sp³-hybridized carbons (Fsp3) is 0.714. The van der Waals surface area contributed by atoms with Crippen LogP contribution in [0.5, 0.6) is 0 Å². The summed E-state index contributed by atoms with van der Waals surface area (Å²) in [5.74, 6) is 0.0355. The standard InChI is InChI=1S/C21H26O5/c1-18-7-5-13(23)9-12(18)3-4-15-14-6-8-20(25,16(24)11-22)19(14,2)10-17-21(15,18)26-17/h5,7,9,14-15,17,22,25H,3-4,6,8,10-11H2,1-2H3/t14-,15-,17-,18-,19-,20-,21?/m0/s1. The van der Waals surface area contributed by atoms with E-state index in [4.69, 9.17) is 4.74 Å². The molecule has 7 atom stereocenters. The van der Waals surface area contributed by atoms with E-state index in [0.717, 1.165) is 24.8 Å². The zero-order chi connectivity index (χ0) is 18.5. The zero-order valence-electron chi connectivity index (χ0n) is 15.3. The van der Waals surface area contributed by atoms with E-state index in [1.807, 2.05) is 13.0 Å². The molecule has 0 radical (unpaired) electrons. The van der Waals surface area contributed by atoms with Crippen molar-refractivity contribution in [3.8, 4) is 0 Å². The van der Waals surface area contributed by atoms with Crippen molar-refractivity contribution in [1.29, 1.82) is 0 Å². The van der Waals surface area contributed by atoms with Crippen LogP contribution < -0.4 is 0 Å². The van der Waals surface area contributed by atoms with Crippen LogP contribution in [-0.4, -0.2) is 45.7 Å². The van der Waals surface area contributed by atoms with E-state index in [1.165, 1.54) is 0 Å². The average molecular weight is 358 g/mol. The summed E-state index contributed by atoms with van der Waals surface area (Å²) in [5, 5.41) is 20.6. The number of fused-ring (bicyclic) bond motifs is 3. The molecule has 1 saturated heterocycles. The molecule has 5 aliphatic rings. The maximum atomic E-state index is 12.4. The molecule has 1 unspecified atom stereocenters. The van der Waals surface area contributed by atoms with Gasteiger partial charge in [-0.05, 0) is 63.0 Å². The molecule has 5 rings (SSSR count). The Bertz CT molecular complexity index is 783. The lowest BCUT2D eigenvalue weighted by atomic mass is 9.47. The highest BCUT2D eigenvalue weighted by Crippen LogP contribution is 2.75. The van der Waals surface area contributed by atoms with Gasteiger partial charge in [0.2, 0.25) is 0 Å². The summed E-state index contributed by atoms with van der Waals surface area (Å²) in [6.07, 6.45) is 9.04. The summed E-state index contributed by atoms with van der Waals surface area (Å²) >= 11 is 0. The lowest BCUT2D eigenvalue weighted by Gasteiger charge is -2.55. The third-order valence-electron chi connectivity index (χ3n) is 8.69. The van der Waals surface area contributed by atoms with Crippen LogP contribution in [-0.2, 0) is 14.3 Å². The summed E-state index contributed by atoms with van der Waals surface area (Å²) < 4.78 is 6.40. The number of epoxide rings is 1. The van der Waals surface area contributed by atoms with Gasteiger partial charge in [-0.25, -0.2) is 0 Å². The number of hydrogen-bond donors (Lipinski definition) is 2. The third kappa shape index (κ3) is 1.60. The molecule has 1 spiro atoms. The van der Waals surface area contributed by atoms with Crippen LogP contribution in [0.2, 0.25) is 0 Å². The number of Topliss-reactive ketones (excluding diaryl/α,β-unsaturated/α-hetero) is 1. The Balaban J connectivity index is 1.58. The third-order valence-corrected chi connectivity index (χ3v) is 8.69. The number of aliphatic hydroxyl groups excluding tert-OH is 1. The van der Waals surface area contributed by atoms with E-state index in [9.17, 15) is 19.8 Å². The first-order valence-corrected chi connectivity index (χ1v) is 9.71. The molecule has 0 aromatic carbocycles. The van der Waals surface area contributed by atoms with E-state index in [2.05, 4.69) is 6.92 Å². The molecule has 4 aliphatic carbocycles. The molecule has 0 bridgehead atoms.